The van der Waals surface area contributed by atoms with Gasteiger partial charge in [0.1, 0.15) is 0 Å². The average molecular weight is 158 g/mol. The molecule has 0 N–H and O–H groups in total. The average Bonchev–Trinajstić information content (AvgIpc) is 2.30. The van der Waals surface area contributed by atoms with Crippen molar-refractivity contribution in [1.29, 1.82) is 0 Å². The number of hydrogen-bond acceptors (Lipinski definition) is 2. The number of allylic oxidation sites excluding steroid dienone is 1. The molecule has 1 aromatic rings. The van der Waals surface area contributed by atoms with Gasteiger partial charge in [-0.1, -0.05) is 12.2 Å². The summed E-state index contributed by atoms with van der Waals surface area (Å²) < 4.78 is 0. The Bertz CT molecular complexity index is 430. The lowest BCUT2D eigenvalue weighted by atomic mass is 10.2. The second-order valence-corrected chi connectivity index (χ2v) is 2.82. The SMILES string of the molecule is Cc1ccnc2c1=NC=CCC=2. The summed E-state index contributed by atoms with van der Waals surface area (Å²) in [5.41, 5.74) is 1.18. The summed E-state index contributed by atoms with van der Waals surface area (Å²) in [6, 6.07) is 1.98. The molecule has 1 aromatic heterocycles. The van der Waals surface area contributed by atoms with Gasteiger partial charge in [-0.25, -0.2) is 0 Å². The van der Waals surface area contributed by atoms with Crippen LogP contribution in [0.5, 0.6) is 0 Å². The van der Waals surface area contributed by atoms with Crippen LogP contribution < -0.4 is 10.7 Å². The Kier molecular flexibility index (Phi) is 1.74. The van der Waals surface area contributed by atoms with Crippen molar-refractivity contribution < 1.29 is 0 Å². The van der Waals surface area contributed by atoms with Crippen LogP contribution in [0.15, 0.2) is 29.5 Å². The Morgan fingerprint density at radius 1 is 1.42 bits per heavy atom. The van der Waals surface area contributed by atoms with Crippen molar-refractivity contribution in [2.75, 3.05) is 0 Å². The number of fused-ring (bicyclic) bond motifs is 1. The third-order valence-electron chi connectivity index (χ3n) is 1.91. The maximum Gasteiger partial charge on any atom is 0.0912 e. The van der Waals surface area contributed by atoms with E-state index in [0.29, 0.717) is 0 Å². The Morgan fingerprint density at radius 3 is 3.25 bits per heavy atom. The van der Waals surface area contributed by atoms with E-state index in [1.807, 2.05) is 24.5 Å². The van der Waals surface area contributed by atoms with Crippen LogP contribution >= 0.6 is 0 Å². The van der Waals surface area contributed by atoms with Gasteiger partial charge in [-0.2, -0.15) is 0 Å². The maximum atomic E-state index is 4.31. The van der Waals surface area contributed by atoms with Gasteiger partial charge in [0.05, 0.1) is 10.7 Å². The lowest BCUT2D eigenvalue weighted by Gasteiger charge is -1.91. The molecule has 0 aliphatic carbocycles. The highest BCUT2D eigenvalue weighted by Gasteiger charge is 1.93. The quantitative estimate of drug-likeness (QED) is 0.546. The highest BCUT2D eigenvalue weighted by molar-refractivity contribution is 5.26. The molecule has 12 heavy (non-hydrogen) atoms. The van der Waals surface area contributed by atoms with Crippen molar-refractivity contribution in [1.82, 2.24) is 4.98 Å². The van der Waals surface area contributed by atoms with Gasteiger partial charge in [-0.3, -0.25) is 9.98 Å². The number of aromatic nitrogens is 1. The van der Waals surface area contributed by atoms with Gasteiger partial charge in [0.2, 0.25) is 0 Å². The molecule has 60 valence electrons. The molecule has 0 fully saturated rings. The first-order valence-electron chi connectivity index (χ1n) is 4.02. The second kappa shape index (κ2) is 2.89. The minimum Gasteiger partial charge on any atom is -0.255 e. The summed E-state index contributed by atoms with van der Waals surface area (Å²) in [6.45, 7) is 2.05. The first-order chi connectivity index (χ1) is 5.88. The first-order valence-corrected chi connectivity index (χ1v) is 4.02. The number of nitrogens with zero attached hydrogens (tertiary/aromatic N) is 2. The topological polar surface area (TPSA) is 25.2 Å². The van der Waals surface area contributed by atoms with E-state index in [1.54, 1.807) is 0 Å². The molecule has 0 saturated heterocycles. The lowest BCUT2D eigenvalue weighted by Crippen LogP contribution is -2.29. The van der Waals surface area contributed by atoms with E-state index in [4.69, 9.17) is 0 Å². The van der Waals surface area contributed by atoms with Crippen molar-refractivity contribution in [3.8, 4) is 0 Å². The molecule has 0 aromatic carbocycles. The van der Waals surface area contributed by atoms with Crippen LogP contribution in [-0.2, 0) is 0 Å². The van der Waals surface area contributed by atoms with E-state index < -0.39 is 0 Å². The van der Waals surface area contributed by atoms with Crippen LogP contribution in [0.25, 0.3) is 6.08 Å². The van der Waals surface area contributed by atoms with E-state index in [1.165, 1.54) is 5.56 Å². The summed E-state index contributed by atoms with van der Waals surface area (Å²) in [5.74, 6) is 0. The fourth-order valence-electron chi connectivity index (χ4n) is 1.26. The molecule has 2 rings (SSSR count). The highest BCUT2D eigenvalue weighted by Crippen LogP contribution is 1.89. The van der Waals surface area contributed by atoms with E-state index >= 15 is 0 Å². The molecule has 0 unspecified atom stereocenters. The highest BCUT2D eigenvalue weighted by atomic mass is 14.7. The van der Waals surface area contributed by atoms with Crippen molar-refractivity contribution in [2.45, 2.75) is 13.3 Å². The summed E-state index contributed by atoms with van der Waals surface area (Å²) in [5, 5.41) is 2.01. The Hall–Kier alpha value is -1.44. The van der Waals surface area contributed by atoms with E-state index in [9.17, 15) is 0 Å². The molecule has 2 nitrogen and oxygen atoms in total. The molecule has 0 amide bonds. The molecule has 0 atom stereocenters. The summed E-state index contributed by atoms with van der Waals surface area (Å²) in [6.07, 6.45) is 8.71. The van der Waals surface area contributed by atoms with Gasteiger partial charge < -0.3 is 0 Å². The molecule has 0 saturated carbocycles. The van der Waals surface area contributed by atoms with Crippen LogP contribution in [0.4, 0.5) is 0 Å². The molecule has 1 aliphatic heterocycles. The second-order valence-electron chi connectivity index (χ2n) is 2.82. The van der Waals surface area contributed by atoms with Gasteiger partial charge in [0, 0.05) is 12.4 Å². The molecule has 0 bridgehead atoms. The zero-order chi connectivity index (χ0) is 8.39. The summed E-state index contributed by atoms with van der Waals surface area (Å²) in [4.78, 5) is 8.56. The molecule has 2 heterocycles. The molecule has 0 spiro atoms. The number of pyridine rings is 1. The number of rotatable bonds is 0. The third-order valence-corrected chi connectivity index (χ3v) is 1.91. The lowest BCUT2D eigenvalue weighted by molar-refractivity contribution is 1.12. The zero-order valence-corrected chi connectivity index (χ0v) is 6.99. The Labute approximate surface area is 71.0 Å². The van der Waals surface area contributed by atoms with Crippen LogP contribution in [0, 0.1) is 6.92 Å². The maximum absolute atomic E-state index is 4.31. The van der Waals surface area contributed by atoms with Gasteiger partial charge >= 0.3 is 0 Å². The van der Waals surface area contributed by atoms with Gasteiger partial charge in [0.25, 0.3) is 0 Å². The standard InChI is InChI=1S/C10H10N2/c1-8-5-7-11-9-4-2-3-6-12-10(8)9/h3-7H,2H2,1H3. The van der Waals surface area contributed by atoms with Crippen LogP contribution in [0.3, 0.4) is 0 Å². The Balaban J connectivity index is 2.87. The molecule has 1 aliphatic rings. The van der Waals surface area contributed by atoms with E-state index in [-0.39, 0.29) is 0 Å². The summed E-state index contributed by atoms with van der Waals surface area (Å²) >= 11 is 0. The fourth-order valence-corrected chi connectivity index (χ4v) is 1.26. The van der Waals surface area contributed by atoms with Crippen molar-refractivity contribution >= 4 is 6.08 Å². The van der Waals surface area contributed by atoms with E-state index in [0.717, 1.165) is 17.1 Å². The minimum atomic E-state index is 0.924. The fraction of sp³-hybridized carbons (Fsp3) is 0.200. The first kappa shape index (κ1) is 7.22. The van der Waals surface area contributed by atoms with Crippen LogP contribution in [0.2, 0.25) is 0 Å². The Morgan fingerprint density at radius 2 is 2.33 bits per heavy atom. The van der Waals surface area contributed by atoms with E-state index in [2.05, 4.69) is 23.0 Å². The van der Waals surface area contributed by atoms with Crippen molar-refractivity contribution in [3.63, 3.8) is 0 Å². The smallest absolute Gasteiger partial charge is 0.0912 e. The summed E-state index contributed by atoms with van der Waals surface area (Å²) in [7, 11) is 0. The predicted octanol–water partition coefficient (Wildman–Crippen LogP) is 0.708. The molecular formula is C10H10N2. The van der Waals surface area contributed by atoms with Gasteiger partial charge in [-0.15, -0.1) is 0 Å². The van der Waals surface area contributed by atoms with Crippen molar-refractivity contribution in [2.24, 2.45) is 4.99 Å². The van der Waals surface area contributed by atoms with Crippen molar-refractivity contribution in [3.05, 3.63) is 40.8 Å². The monoisotopic (exact) mass is 158 g/mol. The van der Waals surface area contributed by atoms with Gasteiger partial charge in [-0.05, 0) is 25.0 Å². The minimum absolute atomic E-state index is 0.924. The molecular weight excluding hydrogens is 148 g/mol. The van der Waals surface area contributed by atoms with Crippen LogP contribution in [-0.4, -0.2) is 4.98 Å². The predicted molar refractivity (Wildman–Crippen MR) is 48.0 cm³/mol. The number of hydrogen-bond donors (Lipinski definition) is 0. The third kappa shape index (κ3) is 1.16. The molecule has 2 heteroatoms. The largest absolute Gasteiger partial charge is 0.255 e. The number of aryl methyl sites for hydroxylation is 1. The van der Waals surface area contributed by atoms with Gasteiger partial charge in [0.15, 0.2) is 0 Å². The normalized spacial score (nSPS) is 14.1. The van der Waals surface area contributed by atoms with Crippen LogP contribution in [0.1, 0.15) is 12.0 Å². The zero-order valence-electron chi connectivity index (χ0n) is 6.99. The molecule has 0 radical (unpaired) electrons.